The van der Waals surface area contributed by atoms with Gasteiger partial charge in [0.1, 0.15) is 0 Å². The molecule has 3 heteroatoms. The first kappa shape index (κ1) is 11.9. The standard InChI is InChI=1S/C11H22N2S/c1-3-10(11(12)14)13(2)9-7-5-4-6-8-9/h9-10H,3-8H2,1-2H3,(H2,12,14). The molecule has 1 saturated carbocycles. The SMILES string of the molecule is CCC(C(N)=S)N(C)C1CCCCC1. The summed E-state index contributed by atoms with van der Waals surface area (Å²) >= 11 is 5.10. The first-order valence-electron chi connectivity index (χ1n) is 5.68. The van der Waals surface area contributed by atoms with Crippen molar-refractivity contribution in [1.29, 1.82) is 0 Å². The maximum atomic E-state index is 5.74. The monoisotopic (exact) mass is 214 g/mol. The molecule has 0 aliphatic heterocycles. The Balaban J connectivity index is 2.51. The van der Waals surface area contributed by atoms with Gasteiger partial charge < -0.3 is 5.73 Å². The van der Waals surface area contributed by atoms with Gasteiger partial charge in [0.2, 0.25) is 0 Å². The summed E-state index contributed by atoms with van der Waals surface area (Å²) in [5.41, 5.74) is 5.74. The highest BCUT2D eigenvalue weighted by Crippen LogP contribution is 2.23. The molecular formula is C11H22N2S. The van der Waals surface area contributed by atoms with Crippen molar-refractivity contribution in [3.63, 3.8) is 0 Å². The van der Waals surface area contributed by atoms with Gasteiger partial charge in [-0.05, 0) is 26.3 Å². The summed E-state index contributed by atoms with van der Waals surface area (Å²) in [6.07, 6.45) is 7.79. The van der Waals surface area contributed by atoms with Gasteiger partial charge in [-0.3, -0.25) is 4.90 Å². The van der Waals surface area contributed by atoms with Gasteiger partial charge in [-0.15, -0.1) is 0 Å². The van der Waals surface area contributed by atoms with Gasteiger partial charge in [0.25, 0.3) is 0 Å². The van der Waals surface area contributed by atoms with Crippen molar-refractivity contribution in [2.75, 3.05) is 7.05 Å². The van der Waals surface area contributed by atoms with Crippen molar-refractivity contribution >= 4 is 17.2 Å². The van der Waals surface area contributed by atoms with Crippen LogP contribution in [0.1, 0.15) is 45.4 Å². The molecule has 0 aromatic rings. The Hall–Kier alpha value is -0.150. The fourth-order valence-corrected chi connectivity index (χ4v) is 2.77. The minimum absolute atomic E-state index is 0.299. The molecule has 1 unspecified atom stereocenters. The van der Waals surface area contributed by atoms with Crippen LogP contribution in [0.3, 0.4) is 0 Å². The second kappa shape index (κ2) is 5.66. The predicted octanol–water partition coefficient (Wildman–Crippen LogP) is 2.32. The zero-order valence-electron chi connectivity index (χ0n) is 9.33. The number of nitrogens with zero attached hydrogens (tertiary/aromatic N) is 1. The molecule has 82 valence electrons. The normalized spacial score (nSPS) is 21.1. The molecule has 2 N–H and O–H groups in total. The zero-order chi connectivity index (χ0) is 10.6. The average molecular weight is 214 g/mol. The second-order valence-corrected chi connectivity index (χ2v) is 4.76. The zero-order valence-corrected chi connectivity index (χ0v) is 10.1. The van der Waals surface area contributed by atoms with Crippen LogP contribution in [-0.2, 0) is 0 Å². The second-order valence-electron chi connectivity index (χ2n) is 4.28. The third-order valence-electron chi connectivity index (χ3n) is 3.36. The molecule has 0 radical (unpaired) electrons. The molecule has 2 nitrogen and oxygen atoms in total. The van der Waals surface area contributed by atoms with Gasteiger partial charge in [0, 0.05) is 6.04 Å². The Bertz CT molecular complexity index is 188. The first-order chi connectivity index (χ1) is 6.66. The fraction of sp³-hybridized carbons (Fsp3) is 0.909. The van der Waals surface area contributed by atoms with Crippen LogP contribution in [0.2, 0.25) is 0 Å². The van der Waals surface area contributed by atoms with Gasteiger partial charge >= 0.3 is 0 Å². The Kier molecular flexibility index (Phi) is 4.82. The molecule has 1 aliphatic rings. The quantitative estimate of drug-likeness (QED) is 0.728. The third-order valence-corrected chi connectivity index (χ3v) is 3.63. The minimum atomic E-state index is 0.299. The molecule has 0 saturated heterocycles. The highest BCUT2D eigenvalue weighted by Gasteiger charge is 2.24. The molecule has 0 spiro atoms. The molecule has 0 bridgehead atoms. The van der Waals surface area contributed by atoms with Crippen LogP contribution in [0.15, 0.2) is 0 Å². The van der Waals surface area contributed by atoms with E-state index in [-0.39, 0.29) is 0 Å². The van der Waals surface area contributed by atoms with Crippen LogP contribution in [-0.4, -0.2) is 29.0 Å². The van der Waals surface area contributed by atoms with Gasteiger partial charge in [-0.2, -0.15) is 0 Å². The maximum absolute atomic E-state index is 5.74. The van der Waals surface area contributed by atoms with Crippen LogP contribution in [0.5, 0.6) is 0 Å². The molecule has 0 heterocycles. The third kappa shape index (κ3) is 2.92. The highest BCUT2D eigenvalue weighted by atomic mass is 32.1. The summed E-state index contributed by atoms with van der Waals surface area (Å²) in [7, 11) is 2.17. The molecular weight excluding hydrogens is 192 g/mol. The van der Waals surface area contributed by atoms with Crippen LogP contribution in [0.25, 0.3) is 0 Å². The number of hydrogen-bond acceptors (Lipinski definition) is 2. The lowest BCUT2D eigenvalue weighted by atomic mass is 9.93. The van der Waals surface area contributed by atoms with E-state index in [2.05, 4.69) is 18.9 Å². The first-order valence-corrected chi connectivity index (χ1v) is 6.09. The van der Waals surface area contributed by atoms with Gasteiger partial charge in [0.05, 0.1) is 11.0 Å². The predicted molar refractivity (Wildman–Crippen MR) is 65.5 cm³/mol. The van der Waals surface area contributed by atoms with Crippen molar-refractivity contribution in [2.24, 2.45) is 5.73 Å². The Morgan fingerprint density at radius 3 is 2.43 bits per heavy atom. The largest absolute Gasteiger partial charge is 0.392 e. The lowest BCUT2D eigenvalue weighted by Gasteiger charge is -2.36. The summed E-state index contributed by atoms with van der Waals surface area (Å²) in [5.74, 6) is 0. The van der Waals surface area contributed by atoms with E-state index < -0.39 is 0 Å². The highest BCUT2D eigenvalue weighted by molar-refractivity contribution is 7.80. The van der Waals surface area contributed by atoms with E-state index >= 15 is 0 Å². The topological polar surface area (TPSA) is 29.3 Å². The van der Waals surface area contributed by atoms with Gasteiger partial charge in [-0.25, -0.2) is 0 Å². The number of likely N-dealkylation sites (N-methyl/N-ethyl adjacent to an activating group) is 1. The van der Waals surface area contributed by atoms with Crippen molar-refractivity contribution in [3.8, 4) is 0 Å². The summed E-state index contributed by atoms with van der Waals surface area (Å²) in [6, 6.07) is 1.00. The summed E-state index contributed by atoms with van der Waals surface area (Å²) in [5, 5.41) is 0. The number of thiocarbonyl (C=S) groups is 1. The maximum Gasteiger partial charge on any atom is 0.0901 e. The summed E-state index contributed by atoms with van der Waals surface area (Å²) in [4.78, 5) is 3.04. The Morgan fingerprint density at radius 2 is 2.00 bits per heavy atom. The molecule has 14 heavy (non-hydrogen) atoms. The van der Waals surface area contributed by atoms with Crippen molar-refractivity contribution < 1.29 is 0 Å². The van der Waals surface area contributed by atoms with Crippen LogP contribution >= 0.6 is 12.2 Å². The van der Waals surface area contributed by atoms with Crippen molar-refractivity contribution in [2.45, 2.75) is 57.5 Å². The van der Waals surface area contributed by atoms with E-state index in [4.69, 9.17) is 18.0 Å². The minimum Gasteiger partial charge on any atom is -0.392 e. The summed E-state index contributed by atoms with van der Waals surface area (Å²) in [6.45, 7) is 2.16. The van der Waals surface area contributed by atoms with E-state index in [0.29, 0.717) is 17.1 Å². The van der Waals surface area contributed by atoms with Crippen molar-refractivity contribution in [3.05, 3.63) is 0 Å². The number of nitrogens with two attached hydrogens (primary N) is 1. The number of rotatable bonds is 4. The van der Waals surface area contributed by atoms with Gasteiger partial charge in [-0.1, -0.05) is 38.4 Å². The van der Waals surface area contributed by atoms with E-state index in [1.165, 1.54) is 32.1 Å². The molecule has 0 amide bonds. The smallest absolute Gasteiger partial charge is 0.0901 e. The van der Waals surface area contributed by atoms with E-state index in [0.717, 1.165) is 6.42 Å². The van der Waals surface area contributed by atoms with Crippen LogP contribution in [0, 0.1) is 0 Å². The number of hydrogen-bond donors (Lipinski definition) is 1. The molecule has 0 aromatic heterocycles. The van der Waals surface area contributed by atoms with E-state index in [1.807, 2.05) is 0 Å². The molecule has 1 fully saturated rings. The van der Waals surface area contributed by atoms with Crippen LogP contribution in [0.4, 0.5) is 0 Å². The average Bonchev–Trinajstić information content (AvgIpc) is 2.19. The van der Waals surface area contributed by atoms with Crippen molar-refractivity contribution in [1.82, 2.24) is 4.90 Å². The van der Waals surface area contributed by atoms with E-state index in [1.54, 1.807) is 0 Å². The van der Waals surface area contributed by atoms with Crippen LogP contribution < -0.4 is 5.73 Å². The molecule has 0 aromatic carbocycles. The Labute approximate surface area is 92.8 Å². The lowest BCUT2D eigenvalue weighted by Crippen LogP contribution is -2.47. The summed E-state index contributed by atoms with van der Waals surface area (Å²) < 4.78 is 0. The van der Waals surface area contributed by atoms with E-state index in [9.17, 15) is 0 Å². The molecule has 1 atom stereocenters. The molecule has 1 rings (SSSR count). The lowest BCUT2D eigenvalue weighted by molar-refractivity contribution is 0.167. The Morgan fingerprint density at radius 1 is 1.43 bits per heavy atom. The molecule has 1 aliphatic carbocycles. The van der Waals surface area contributed by atoms with Gasteiger partial charge in [0.15, 0.2) is 0 Å². The fourth-order valence-electron chi connectivity index (χ4n) is 2.43.